The van der Waals surface area contributed by atoms with Gasteiger partial charge < -0.3 is 25.2 Å². The van der Waals surface area contributed by atoms with Gasteiger partial charge in [0.05, 0.1) is 13.2 Å². The number of guanidine groups is 1. The Balaban J connectivity index is 0.00000392. The smallest absolute Gasteiger partial charge is 0.191 e. The third-order valence-corrected chi connectivity index (χ3v) is 4.81. The van der Waals surface area contributed by atoms with Gasteiger partial charge in [0.2, 0.25) is 0 Å². The predicted octanol–water partition coefficient (Wildman–Crippen LogP) is 2.64. The summed E-state index contributed by atoms with van der Waals surface area (Å²) in [6.07, 6.45) is 0. The molecule has 1 saturated heterocycles. The Morgan fingerprint density at radius 2 is 1.86 bits per heavy atom. The van der Waals surface area contributed by atoms with Crippen LogP contribution in [0.15, 0.2) is 29.3 Å². The average molecular weight is 503 g/mol. The molecule has 0 aliphatic carbocycles. The predicted molar refractivity (Wildman–Crippen MR) is 129 cm³/mol. The van der Waals surface area contributed by atoms with E-state index in [1.807, 2.05) is 25.1 Å². The maximum Gasteiger partial charge on any atom is 0.191 e. The molecule has 2 N–H and O–H groups in total. The van der Waals surface area contributed by atoms with Crippen LogP contribution in [0.3, 0.4) is 0 Å². The molecule has 1 aromatic carbocycles. The van der Waals surface area contributed by atoms with Crippen molar-refractivity contribution in [3.8, 4) is 5.75 Å². The van der Waals surface area contributed by atoms with Gasteiger partial charge in [0.25, 0.3) is 0 Å². The molecule has 6 nitrogen and oxygen atoms in total. The van der Waals surface area contributed by atoms with E-state index in [4.69, 9.17) is 9.73 Å². The molecule has 1 aromatic rings. The van der Waals surface area contributed by atoms with Gasteiger partial charge in [0.1, 0.15) is 5.75 Å². The van der Waals surface area contributed by atoms with Gasteiger partial charge in [-0.25, -0.2) is 4.99 Å². The highest BCUT2D eigenvalue weighted by Gasteiger charge is 2.16. The minimum atomic E-state index is 0. The molecule has 1 fully saturated rings. The highest BCUT2D eigenvalue weighted by molar-refractivity contribution is 14.0. The van der Waals surface area contributed by atoms with Crippen LogP contribution < -0.4 is 15.4 Å². The Bertz CT molecular complexity index is 576. The quantitative estimate of drug-likeness (QED) is 0.309. The number of para-hydroxylation sites is 1. The molecule has 0 bridgehead atoms. The Morgan fingerprint density at radius 3 is 2.54 bits per heavy atom. The molecular formula is C21H38IN5O. The zero-order valence-electron chi connectivity index (χ0n) is 17.9. The van der Waals surface area contributed by atoms with Gasteiger partial charge in [0, 0.05) is 51.4 Å². The van der Waals surface area contributed by atoms with Crippen molar-refractivity contribution in [1.29, 1.82) is 0 Å². The Morgan fingerprint density at radius 1 is 1.14 bits per heavy atom. The van der Waals surface area contributed by atoms with E-state index in [2.05, 4.69) is 47.4 Å². The standard InChI is InChI=1S/C21H37N5O.HI/c1-5-22-21(24-16-19-9-7-8-10-20(19)27-6-2)23-15-18(3)17-26-13-11-25(4)12-14-26;/h7-10,18H,5-6,11-17H2,1-4H3,(H2,22,23,24);1H. The number of hydrogen-bond donors (Lipinski definition) is 2. The lowest BCUT2D eigenvalue weighted by Gasteiger charge is -2.34. The molecule has 1 heterocycles. The number of aliphatic imine (C=N–C) groups is 1. The van der Waals surface area contributed by atoms with E-state index >= 15 is 0 Å². The topological polar surface area (TPSA) is 52.1 Å². The third-order valence-electron chi connectivity index (χ3n) is 4.81. The molecule has 7 heteroatoms. The van der Waals surface area contributed by atoms with Gasteiger partial charge in [-0.3, -0.25) is 0 Å². The third kappa shape index (κ3) is 8.96. The number of piperazine rings is 1. The monoisotopic (exact) mass is 503 g/mol. The molecule has 0 aromatic heterocycles. The van der Waals surface area contributed by atoms with Crippen molar-refractivity contribution in [2.75, 3.05) is 59.5 Å². The van der Waals surface area contributed by atoms with E-state index < -0.39 is 0 Å². The number of likely N-dealkylation sites (N-methyl/N-ethyl adjacent to an activating group) is 1. The summed E-state index contributed by atoms with van der Waals surface area (Å²) in [6.45, 7) is 15.3. The molecule has 1 atom stereocenters. The highest BCUT2D eigenvalue weighted by atomic mass is 127. The molecule has 160 valence electrons. The number of benzene rings is 1. The normalized spacial score (nSPS) is 16.9. The molecular weight excluding hydrogens is 465 g/mol. The lowest BCUT2D eigenvalue weighted by atomic mass is 10.1. The number of hydrogen-bond acceptors (Lipinski definition) is 4. The first-order valence-electron chi connectivity index (χ1n) is 10.3. The van der Waals surface area contributed by atoms with Gasteiger partial charge in [-0.2, -0.15) is 0 Å². The second kappa shape index (κ2) is 14.0. The molecule has 0 saturated carbocycles. The fourth-order valence-corrected chi connectivity index (χ4v) is 3.24. The maximum atomic E-state index is 5.70. The van der Waals surface area contributed by atoms with Gasteiger partial charge >= 0.3 is 0 Å². The molecule has 1 unspecified atom stereocenters. The molecule has 2 rings (SSSR count). The van der Waals surface area contributed by atoms with Gasteiger partial charge in [-0.15, -0.1) is 24.0 Å². The molecule has 28 heavy (non-hydrogen) atoms. The van der Waals surface area contributed by atoms with Crippen LogP contribution in [0.2, 0.25) is 0 Å². The van der Waals surface area contributed by atoms with Crippen LogP contribution in [0.25, 0.3) is 0 Å². The lowest BCUT2D eigenvalue weighted by molar-refractivity contribution is 0.139. The van der Waals surface area contributed by atoms with E-state index in [1.54, 1.807) is 0 Å². The van der Waals surface area contributed by atoms with Crippen molar-refractivity contribution in [3.63, 3.8) is 0 Å². The van der Waals surface area contributed by atoms with Crippen molar-refractivity contribution in [1.82, 2.24) is 20.4 Å². The van der Waals surface area contributed by atoms with Crippen LogP contribution in [-0.4, -0.2) is 75.2 Å². The zero-order chi connectivity index (χ0) is 19.5. The lowest BCUT2D eigenvalue weighted by Crippen LogP contribution is -2.47. The highest BCUT2D eigenvalue weighted by Crippen LogP contribution is 2.18. The first kappa shape index (κ1) is 25.0. The molecule has 0 spiro atoms. The van der Waals surface area contributed by atoms with Crippen molar-refractivity contribution >= 4 is 29.9 Å². The second-order valence-corrected chi connectivity index (χ2v) is 7.33. The number of nitrogens with zero attached hydrogens (tertiary/aromatic N) is 3. The van der Waals surface area contributed by atoms with Crippen LogP contribution in [0, 0.1) is 5.92 Å². The van der Waals surface area contributed by atoms with Crippen LogP contribution >= 0.6 is 24.0 Å². The van der Waals surface area contributed by atoms with Crippen molar-refractivity contribution in [2.45, 2.75) is 27.3 Å². The summed E-state index contributed by atoms with van der Waals surface area (Å²) in [4.78, 5) is 9.71. The summed E-state index contributed by atoms with van der Waals surface area (Å²) in [5, 5.41) is 6.85. The van der Waals surface area contributed by atoms with Gasteiger partial charge in [-0.1, -0.05) is 25.1 Å². The second-order valence-electron chi connectivity index (χ2n) is 7.33. The van der Waals surface area contributed by atoms with Gasteiger partial charge in [-0.05, 0) is 32.9 Å². The average Bonchev–Trinajstić information content (AvgIpc) is 2.67. The first-order chi connectivity index (χ1) is 13.1. The molecule has 1 aliphatic rings. The SMILES string of the molecule is CCNC(=NCc1ccccc1OCC)NCC(C)CN1CCN(C)CC1.I. The molecule has 0 radical (unpaired) electrons. The largest absolute Gasteiger partial charge is 0.494 e. The van der Waals surface area contributed by atoms with Crippen molar-refractivity contribution in [2.24, 2.45) is 10.9 Å². The maximum absolute atomic E-state index is 5.70. The van der Waals surface area contributed by atoms with Crippen molar-refractivity contribution < 1.29 is 4.74 Å². The van der Waals surface area contributed by atoms with E-state index in [-0.39, 0.29) is 24.0 Å². The Kier molecular flexibility index (Phi) is 12.5. The zero-order valence-corrected chi connectivity index (χ0v) is 20.2. The van der Waals surface area contributed by atoms with Gasteiger partial charge in [0.15, 0.2) is 5.96 Å². The Labute approximate surface area is 188 Å². The summed E-state index contributed by atoms with van der Waals surface area (Å²) in [6, 6.07) is 8.12. The summed E-state index contributed by atoms with van der Waals surface area (Å²) in [5.41, 5.74) is 1.11. The number of rotatable bonds is 9. The van der Waals surface area contributed by atoms with E-state index in [9.17, 15) is 0 Å². The minimum Gasteiger partial charge on any atom is -0.494 e. The number of halogens is 1. The molecule has 0 amide bonds. The van der Waals surface area contributed by atoms with E-state index in [0.717, 1.165) is 36.9 Å². The summed E-state index contributed by atoms with van der Waals surface area (Å²) >= 11 is 0. The fraction of sp³-hybridized carbons (Fsp3) is 0.667. The number of ether oxygens (including phenoxy) is 1. The van der Waals surface area contributed by atoms with Crippen molar-refractivity contribution in [3.05, 3.63) is 29.8 Å². The summed E-state index contributed by atoms with van der Waals surface area (Å²) < 4.78 is 5.70. The minimum absolute atomic E-state index is 0. The summed E-state index contributed by atoms with van der Waals surface area (Å²) in [5.74, 6) is 2.37. The Hall–Kier alpha value is -1.06. The van der Waals surface area contributed by atoms with Crippen LogP contribution in [0.5, 0.6) is 5.75 Å². The van der Waals surface area contributed by atoms with Crippen LogP contribution in [-0.2, 0) is 6.54 Å². The number of nitrogens with one attached hydrogen (secondary N) is 2. The van der Waals surface area contributed by atoms with E-state index in [0.29, 0.717) is 19.1 Å². The summed E-state index contributed by atoms with van der Waals surface area (Å²) in [7, 11) is 2.20. The van der Waals surface area contributed by atoms with Crippen LogP contribution in [0.4, 0.5) is 0 Å². The van der Waals surface area contributed by atoms with E-state index in [1.165, 1.54) is 26.2 Å². The van der Waals surface area contributed by atoms with Crippen LogP contribution in [0.1, 0.15) is 26.3 Å². The fourth-order valence-electron chi connectivity index (χ4n) is 3.24. The molecule has 1 aliphatic heterocycles. The first-order valence-corrected chi connectivity index (χ1v) is 10.3.